The maximum atomic E-state index is 12.8. The van der Waals surface area contributed by atoms with E-state index >= 15 is 0 Å². The van der Waals surface area contributed by atoms with E-state index in [4.69, 9.17) is 37.4 Å². The van der Waals surface area contributed by atoms with Crippen molar-refractivity contribution in [3.63, 3.8) is 0 Å². The van der Waals surface area contributed by atoms with Gasteiger partial charge in [0.05, 0.1) is 27.1 Å². The third kappa shape index (κ3) is 4.71. The molecule has 9 heteroatoms. The van der Waals surface area contributed by atoms with E-state index < -0.39 is 20.5 Å². The van der Waals surface area contributed by atoms with Crippen LogP contribution in [0.25, 0.3) is 6.08 Å². The summed E-state index contributed by atoms with van der Waals surface area (Å²) in [5.74, 6) is 0.493. The first-order valence-corrected chi connectivity index (χ1v) is 10.3. The van der Waals surface area contributed by atoms with Crippen molar-refractivity contribution in [1.82, 2.24) is 0 Å². The van der Waals surface area contributed by atoms with E-state index in [1.807, 2.05) is 0 Å². The molecule has 0 aliphatic heterocycles. The zero-order valence-corrected chi connectivity index (χ0v) is 17.7. The van der Waals surface area contributed by atoms with Gasteiger partial charge in [-0.1, -0.05) is 29.3 Å². The van der Waals surface area contributed by atoms with Crippen molar-refractivity contribution in [3.8, 4) is 23.3 Å². The predicted molar refractivity (Wildman–Crippen MR) is 109 cm³/mol. The molecule has 0 atom stereocenters. The fourth-order valence-corrected chi connectivity index (χ4v) is 4.31. The molecule has 0 saturated carbocycles. The molecule has 0 aromatic heterocycles. The standard InChI is InChI=1S/C19H17Cl2NO5S/c1-25-17-7-5-12(18(26-2)19(17)27-3)8-15(10-22)28(23,24)11-13-4-6-14(20)9-16(13)21/h4-9H,11H2,1-3H3/b15-8+. The maximum absolute atomic E-state index is 12.8. The van der Waals surface area contributed by atoms with Crippen LogP contribution in [0, 0.1) is 11.3 Å². The van der Waals surface area contributed by atoms with Crippen molar-refractivity contribution < 1.29 is 22.6 Å². The molecule has 148 valence electrons. The number of hydrogen-bond acceptors (Lipinski definition) is 6. The van der Waals surface area contributed by atoms with Crippen LogP contribution in [0.3, 0.4) is 0 Å². The van der Waals surface area contributed by atoms with Gasteiger partial charge in [-0.05, 0) is 35.9 Å². The Balaban J connectivity index is 2.52. The molecule has 2 aromatic rings. The lowest BCUT2D eigenvalue weighted by Crippen LogP contribution is -2.07. The number of nitrogens with zero attached hydrogens (tertiary/aromatic N) is 1. The van der Waals surface area contributed by atoms with Gasteiger partial charge in [0.1, 0.15) is 11.0 Å². The molecule has 2 aromatic carbocycles. The Morgan fingerprint density at radius 2 is 1.75 bits per heavy atom. The SMILES string of the molecule is COc1ccc(/C=C(\C#N)S(=O)(=O)Cc2ccc(Cl)cc2Cl)c(OC)c1OC. The molecule has 0 fully saturated rings. The Hall–Kier alpha value is -2.40. The van der Waals surface area contributed by atoms with Gasteiger partial charge in [0, 0.05) is 15.6 Å². The Labute approximate surface area is 173 Å². The van der Waals surface area contributed by atoms with Crippen molar-refractivity contribution in [3.05, 3.63) is 56.4 Å². The second-order valence-corrected chi connectivity index (χ2v) is 8.34. The maximum Gasteiger partial charge on any atom is 0.203 e. The highest BCUT2D eigenvalue weighted by Gasteiger charge is 2.22. The molecule has 0 N–H and O–H groups in total. The van der Waals surface area contributed by atoms with Gasteiger partial charge >= 0.3 is 0 Å². The van der Waals surface area contributed by atoms with E-state index in [0.717, 1.165) is 0 Å². The summed E-state index contributed by atoms with van der Waals surface area (Å²) in [7, 11) is 0.326. The summed E-state index contributed by atoms with van der Waals surface area (Å²) in [5, 5.41) is 10.0. The molecule has 0 unspecified atom stereocenters. The Morgan fingerprint density at radius 1 is 1.07 bits per heavy atom. The average molecular weight is 442 g/mol. The summed E-state index contributed by atoms with van der Waals surface area (Å²) < 4.78 is 41.4. The summed E-state index contributed by atoms with van der Waals surface area (Å²) in [6.45, 7) is 0. The van der Waals surface area contributed by atoms with Gasteiger partial charge in [-0.3, -0.25) is 0 Å². The number of rotatable bonds is 7. The number of ether oxygens (including phenoxy) is 3. The first kappa shape index (κ1) is 21.9. The van der Waals surface area contributed by atoms with Crippen LogP contribution in [0.2, 0.25) is 10.0 Å². The van der Waals surface area contributed by atoms with Crippen LogP contribution in [0.1, 0.15) is 11.1 Å². The largest absolute Gasteiger partial charge is 0.493 e. The summed E-state index contributed by atoms with van der Waals surface area (Å²) in [6.07, 6.45) is 1.22. The minimum absolute atomic E-state index is 0.206. The van der Waals surface area contributed by atoms with E-state index in [2.05, 4.69) is 0 Å². The van der Waals surface area contributed by atoms with Crippen molar-refractivity contribution >= 4 is 39.1 Å². The molecule has 0 amide bonds. The molecule has 0 spiro atoms. The van der Waals surface area contributed by atoms with Crippen molar-refractivity contribution in [2.24, 2.45) is 0 Å². The fourth-order valence-electron chi connectivity index (χ4n) is 2.49. The molecule has 0 aliphatic rings. The molecular weight excluding hydrogens is 425 g/mol. The number of sulfone groups is 1. The normalized spacial score (nSPS) is 11.6. The highest BCUT2D eigenvalue weighted by Crippen LogP contribution is 2.41. The number of hydrogen-bond donors (Lipinski definition) is 0. The van der Waals surface area contributed by atoms with Crippen LogP contribution < -0.4 is 14.2 Å². The third-order valence-corrected chi connectivity index (χ3v) is 5.98. The van der Waals surface area contributed by atoms with Gasteiger partial charge in [-0.2, -0.15) is 5.26 Å². The van der Waals surface area contributed by atoms with Gasteiger partial charge in [-0.25, -0.2) is 8.42 Å². The predicted octanol–water partition coefficient (Wildman–Crippen LogP) is 4.50. The first-order chi connectivity index (χ1) is 13.3. The van der Waals surface area contributed by atoms with Crippen LogP contribution in [0.4, 0.5) is 0 Å². The third-order valence-electron chi connectivity index (χ3n) is 3.83. The van der Waals surface area contributed by atoms with Gasteiger partial charge in [-0.15, -0.1) is 0 Å². The van der Waals surface area contributed by atoms with Gasteiger partial charge in [0.2, 0.25) is 5.75 Å². The molecule has 28 heavy (non-hydrogen) atoms. The lowest BCUT2D eigenvalue weighted by Gasteiger charge is -2.14. The van der Waals surface area contributed by atoms with Crippen LogP contribution in [0.15, 0.2) is 35.2 Å². The Morgan fingerprint density at radius 3 is 2.29 bits per heavy atom. The monoisotopic (exact) mass is 441 g/mol. The van der Waals surface area contributed by atoms with Crippen LogP contribution in [-0.2, 0) is 15.6 Å². The van der Waals surface area contributed by atoms with Crippen molar-refractivity contribution in [1.29, 1.82) is 5.26 Å². The minimum Gasteiger partial charge on any atom is -0.493 e. The molecule has 0 heterocycles. The fraction of sp³-hybridized carbons (Fsp3) is 0.211. The summed E-state index contributed by atoms with van der Waals surface area (Å²) in [6, 6.07) is 9.38. The second kappa shape index (κ2) is 9.20. The van der Waals surface area contributed by atoms with E-state index in [-0.39, 0.29) is 16.5 Å². The number of halogens is 2. The Bertz CT molecular complexity index is 1060. The Kier molecular flexibility index (Phi) is 7.19. The van der Waals surface area contributed by atoms with E-state index in [9.17, 15) is 13.7 Å². The number of methoxy groups -OCH3 is 3. The van der Waals surface area contributed by atoms with Gasteiger partial charge in [0.15, 0.2) is 21.3 Å². The van der Waals surface area contributed by atoms with E-state index in [1.165, 1.54) is 45.6 Å². The summed E-state index contributed by atoms with van der Waals surface area (Å²) in [4.78, 5) is -0.441. The van der Waals surface area contributed by atoms with E-state index in [1.54, 1.807) is 18.2 Å². The number of allylic oxidation sites excluding steroid dienone is 1. The lowest BCUT2D eigenvalue weighted by atomic mass is 10.1. The molecule has 0 saturated heterocycles. The first-order valence-electron chi connectivity index (χ1n) is 7.84. The van der Waals surface area contributed by atoms with E-state index in [0.29, 0.717) is 21.9 Å². The lowest BCUT2D eigenvalue weighted by molar-refractivity contribution is 0.324. The molecule has 0 aliphatic carbocycles. The van der Waals surface area contributed by atoms with Crippen LogP contribution >= 0.6 is 23.2 Å². The summed E-state index contributed by atoms with van der Waals surface area (Å²) >= 11 is 11.9. The van der Waals surface area contributed by atoms with Gasteiger partial charge < -0.3 is 14.2 Å². The smallest absolute Gasteiger partial charge is 0.203 e. The summed E-state index contributed by atoms with van der Waals surface area (Å²) in [5.41, 5.74) is 0.689. The highest BCUT2D eigenvalue weighted by molar-refractivity contribution is 7.95. The topological polar surface area (TPSA) is 85.6 Å². The number of nitriles is 1. The molecule has 0 bridgehead atoms. The average Bonchev–Trinajstić information content (AvgIpc) is 2.67. The quantitative estimate of drug-likeness (QED) is 0.587. The molecular formula is C19H17Cl2NO5S. The number of benzene rings is 2. The minimum atomic E-state index is -3.97. The van der Waals surface area contributed by atoms with Crippen molar-refractivity contribution in [2.75, 3.05) is 21.3 Å². The second-order valence-electron chi connectivity index (χ2n) is 5.54. The van der Waals surface area contributed by atoms with Crippen LogP contribution in [-0.4, -0.2) is 29.7 Å². The van der Waals surface area contributed by atoms with Crippen LogP contribution in [0.5, 0.6) is 17.2 Å². The zero-order chi connectivity index (χ0) is 20.9. The zero-order valence-electron chi connectivity index (χ0n) is 15.3. The highest BCUT2D eigenvalue weighted by atomic mass is 35.5. The van der Waals surface area contributed by atoms with Crippen molar-refractivity contribution in [2.45, 2.75) is 5.75 Å². The van der Waals surface area contributed by atoms with Gasteiger partial charge in [0.25, 0.3) is 0 Å². The molecule has 6 nitrogen and oxygen atoms in total. The molecule has 0 radical (unpaired) electrons. The molecule has 2 rings (SSSR count).